The zero-order chi connectivity index (χ0) is 12.1. The Morgan fingerprint density at radius 3 is 2.47 bits per heavy atom. The maximum Gasteiger partial charge on any atom is 0.219 e. The van der Waals surface area contributed by atoms with Gasteiger partial charge in [-0.1, -0.05) is 12.1 Å². The van der Waals surface area contributed by atoms with Crippen LogP contribution in [0.15, 0.2) is 47.1 Å². The van der Waals surface area contributed by atoms with E-state index in [9.17, 15) is 0 Å². The van der Waals surface area contributed by atoms with Crippen LogP contribution in [-0.4, -0.2) is 11.5 Å². The first-order valence-corrected chi connectivity index (χ1v) is 6.15. The van der Waals surface area contributed by atoms with Crippen molar-refractivity contribution in [1.82, 2.24) is 4.98 Å². The molecule has 0 spiro atoms. The summed E-state index contributed by atoms with van der Waals surface area (Å²) in [6.45, 7) is 0.661. The van der Waals surface area contributed by atoms with Crippen molar-refractivity contribution in [2.75, 3.05) is 6.54 Å². The molecule has 0 saturated carbocycles. The van der Waals surface area contributed by atoms with Gasteiger partial charge in [0.1, 0.15) is 5.75 Å². The molecule has 0 radical (unpaired) electrons. The number of pyridine rings is 1. The Morgan fingerprint density at radius 1 is 1.12 bits per heavy atom. The summed E-state index contributed by atoms with van der Waals surface area (Å²) in [5.41, 5.74) is 6.70. The Bertz CT molecular complexity index is 468. The van der Waals surface area contributed by atoms with E-state index in [0.29, 0.717) is 12.4 Å². The minimum Gasteiger partial charge on any atom is -0.439 e. The molecule has 2 rings (SSSR count). The summed E-state index contributed by atoms with van der Waals surface area (Å²) in [4.78, 5) is 4.14. The Labute approximate surface area is 109 Å². The van der Waals surface area contributed by atoms with Crippen molar-refractivity contribution in [3.05, 3.63) is 52.6 Å². The molecule has 0 unspecified atom stereocenters. The van der Waals surface area contributed by atoms with Gasteiger partial charge in [0.15, 0.2) is 0 Å². The van der Waals surface area contributed by atoms with Crippen LogP contribution >= 0.6 is 15.9 Å². The van der Waals surface area contributed by atoms with E-state index in [-0.39, 0.29) is 0 Å². The van der Waals surface area contributed by atoms with Gasteiger partial charge in [-0.2, -0.15) is 0 Å². The fourth-order valence-corrected chi connectivity index (χ4v) is 1.67. The number of nitrogens with zero attached hydrogens (tertiary/aromatic N) is 1. The van der Waals surface area contributed by atoms with Crippen LogP contribution in [0.1, 0.15) is 5.56 Å². The molecular formula is C13H13BrN2O. The van der Waals surface area contributed by atoms with E-state index in [1.165, 1.54) is 5.56 Å². The first-order valence-electron chi connectivity index (χ1n) is 5.36. The quantitative estimate of drug-likeness (QED) is 0.942. The van der Waals surface area contributed by atoms with Crippen LogP contribution in [0.25, 0.3) is 0 Å². The lowest BCUT2D eigenvalue weighted by molar-refractivity contribution is 0.462. The van der Waals surface area contributed by atoms with Crippen molar-refractivity contribution >= 4 is 15.9 Å². The first kappa shape index (κ1) is 12.1. The molecule has 1 heterocycles. The third kappa shape index (κ3) is 3.54. The summed E-state index contributed by atoms with van der Waals surface area (Å²) in [5, 5.41) is 0. The van der Waals surface area contributed by atoms with Crippen molar-refractivity contribution in [2.45, 2.75) is 6.42 Å². The van der Waals surface area contributed by atoms with Gasteiger partial charge in [0.2, 0.25) is 5.88 Å². The van der Waals surface area contributed by atoms with Crippen molar-refractivity contribution in [3.8, 4) is 11.6 Å². The number of nitrogens with two attached hydrogens (primary N) is 1. The van der Waals surface area contributed by atoms with Crippen LogP contribution in [-0.2, 0) is 6.42 Å². The van der Waals surface area contributed by atoms with Gasteiger partial charge in [0, 0.05) is 16.7 Å². The second kappa shape index (κ2) is 5.80. The zero-order valence-electron chi connectivity index (χ0n) is 9.27. The van der Waals surface area contributed by atoms with Gasteiger partial charge in [-0.3, -0.25) is 0 Å². The minimum atomic E-state index is 0.583. The second-order valence-corrected chi connectivity index (χ2v) is 4.52. The molecule has 0 saturated heterocycles. The molecule has 3 nitrogen and oxygen atoms in total. The molecule has 17 heavy (non-hydrogen) atoms. The van der Waals surface area contributed by atoms with Gasteiger partial charge in [0.05, 0.1) is 0 Å². The number of ether oxygens (including phenoxy) is 1. The summed E-state index contributed by atoms with van der Waals surface area (Å²) < 4.78 is 6.54. The second-order valence-electron chi connectivity index (χ2n) is 3.60. The highest BCUT2D eigenvalue weighted by atomic mass is 79.9. The number of benzene rings is 1. The van der Waals surface area contributed by atoms with Gasteiger partial charge in [-0.25, -0.2) is 4.98 Å². The highest BCUT2D eigenvalue weighted by Gasteiger charge is 1.98. The maximum absolute atomic E-state index is 5.60. The van der Waals surface area contributed by atoms with E-state index < -0.39 is 0 Å². The Morgan fingerprint density at radius 2 is 1.88 bits per heavy atom. The summed E-state index contributed by atoms with van der Waals surface area (Å²) in [6.07, 6.45) is 2.59. The number of halogens is 1. The molecule has 0 aliphatic rings. The predicted octanol–water partition coefficient (Wildman–Crippen LogP) is 3.14. The van der Waals surface area contributed by atoms with E-state index in [4.69, 9.17) is 10.5 Å². The number of hydrogen-bond donors (Lipinski definition) is 1. The number of aromatic nitrogens is 1. The number of rotatable bonds is 4. The molecule has 0 bridgehead atoms. The van der Waals surface area contributed by atoms with Crippen molar-refractivity contribution in [3.63, 3.8) is 0 Å². The average Bonchev–Trinajstić information content (AvgIpc) is 2.35. The Balaban J connectivity index is 2.05. The van der Waals surface area contributed by atoms with E-state index in [1.54, 1.807) is 6.20 Å². The normalized spacial score (nSPS) is 10.2. The lowest BCUT2D eigenvalue weighted by Crippen LogP contribution is -2.02. The molecule has 2 N–H and O–H groups in total. The predicted molar refractivity (Wildman–Crippen MR) is 71.2 cm³/mol. The minimum absolute atomic E-state index is 0.583. The highest BCUT2D eigenvalue weighted by molar-refractivity contribution is 9.10. The highest BCUT2D eigenvalue weighted by Crippen LogP contribution is 2.21. The molecule has 2 aromatic rings. The van der Waals surface area contributed by atoms with Gasteiger partial charge in [-0.15, -0.1) is 0 Å². The van der Waals surface area contributed by atoms with Crippen molar-refractivity contribution in [2.24, 2.45) is 5.73 Å². The molecular weight excluding hydrogens is 280 g/mol. The molecule has 1 aromatic heterocycles. The van der Waals surface area contributed by atoms with E-state index in [0.717, 1.165) is 16.6 Å². The first-order chi connectivity index (χ1) is 8.28. The van der Waals surface area contributed by atoms with E-state index >= 15 is 0 Å². The monoisotopic (exact) mass is 292 g/mol. The van der Waals surface area contributed by atoms with Crippen molar-refractivity contribution in [1.29, 1.82) is 0 Å². The van der Waals surface area contributed by atoms with E-state index in [1.807, 2.05) is 36.4 Å². The van der Waals surface area contributed by atoms with Crippen LogP contribution in [0.3, 0.4) is 0 Å². The molecule has 0 atom stereocenters. The van der Waals surface area contributed by atoms with Crippen LogP contribution in [0.5, 0.6) is 11.6 Å². The fraction of sp³-hybridized carbons (Fsp3) is 0.154. The van der Waals surface area contributed by atoms with Crippen LogP contribution in [0.4, 0.5) is 0 Å². The standard InChI is InChI=1S/C13H13BrN2O/c14-11-3-6-13(16-9-11)17-12-4-1-10(2-5-12)7-8-15/h1-6,9H,7-8,15H2. The molecule has 88 valence electrons. The number of hydrogen-bond acceptors (Lipinski definition) is 3. The molecule has 0 aliphatic carbocycles. The van der Waals surface area contributed by atoms with Gasteiger partial charge >= 0.3 is 0 Å². The smallest absolute Gasteiger partial charge is 0.219 e. The largest absolute Gasteiger partial charge is 0.439 e. The average molecular weight is 293 g/mol. The van der Waals surface area contributed by atoms with Gasteiger partial charge in [-0.05, 0) is 52.7 Å². The third-order valence-corrected chi connectivity index (χ3v) is 2.75. The summed E-state index contributed by atoms with van der Waals surface area (Å²) >= 11 is 3.33. The summed E-state index contributed by atoms with van der Waals surface area (Å²) in [6, 6.07) is 11.6. The topological polar surface area (TPSA) is 48.1 Å². The van der Waals surface area contributed by atoms with Crippen LogP contribution < -0.4 is 10.5 Å². The molecule has 1 aromatic carbocycles. The molecule has 0 amide bonds. The SMILES string of the molecule is NCCc1ccc(Oc2ccc(Br)cn2)cc1. The molecule has 0 fully saturated rings. The summed E-state index contributed by atoms with van der Waals surface area (Å²) in [7, 11) is 0. The molecule has 4 heteroatoms. The lowest BCUT2D eigenvalue weighted by Gasteiger charge is -2.05. The fourth-order valence-electron chi connectivity index (χ4n) is 1.43. The van der Waals surface area contributed by atoms with E-state index in [2.05, 4.69) is 20.9 Å². The zero-order valence-corrected chi connectivity index (χ0v) is 10.9. The third-order valence-electron chi connectivity index (χ3n) is 2.28. The van der Waals surface area contributed by atoms with Gasteiger partial charge in [0.25, 0.3) is 0 Å². The van der Waals surface area contributed by atoms with Gasteiger partial charge < -0.3 is 10.5 Å². The van der Waals surface area contributed by atoms with Crippen molar-refractivity contribution < 1.29 is 4.74 Å². The lowest BCUT2D eigenvalue weighted by atomic mass is 10.1. The Hall–Kier alpha value is -1.39. The maximum atomic E-state index is 5.60. The van der Waals surface area contributed by atoms with Crippen LogP contribution in [0, 0.1) is 0 Å². The molecule has 0 aliphatic heterocycles. The summed E-state index contributed by atoms with van der Waals surface area (Å²) in [5.74, 6) is 1.36. The van der Waals surface area contributed by atoms with Crippen LogP contribution in [0.2, 0.25) is 0 Å². The Kier molecular flexibility index (Phi) is 4.12.